The fraction of sp³-hybridized carbons (Fsp3) is 0.263. The number of hydrogen-bond donors (Lipinski definition) is 2. The van der Waals surface area contributed by atoms with Crippen LogP contribution in [0.15, 0.2) is 54.3 Å². The summed E-state index contributed by atoms with van der Waals surface area (Å²) in [6.07, 6.45) is 7.03. The number of nitrogens with two attached hydrogens (primary N) is 2. The fourth-order valence-corrected chi connectivity index (χ4v) is 3.07. The predicted molar refractivity (Wildman–Crippen MR) is 94.6 cm³/mol. The van der Waals surface area contributed by atoms with Crippen LogP contribution in [0.25, 0.3) is 5.70 Å². The molecule has 0 aliphatic heterocycles. The SMILES string of the molecule is CC1CC(/C=C(\N)c2c(F)cccc2F)=C(N)C(Oc2cncnc2)C1. The van der Waals surface area contributed by atoms with Crippen LogP contribution in [-0.2, 0) is 0 Å². The fourth-order valence-electron chi connectivity index (χ4n) is 3.07. The van der Waals surface area contributed by atoms with Crippen LogP contribution in [0.2, 0.25) is 0 Å². The van der Waals surface area contributed by atoms with E-state index in [4.69, 9.17) is 16.2 Å². The number of ether oxygens (including phenoxy) is 1. The lowest BCUT2D eigenvalue weighted by atomic mass is 9.85. The molecule has 1 aliphatic rings. The highest BCUT2D eigenvalue weighted by atomic mass is 19.1. The summed E-state index contributed by atoms with van der Waals surface area (Å²) in [6.45, 7) is 2.05. The van der Waals surface area contributed by atoms with Crippen molar-refractivity contribution in [1.29, 1.82) is 0 Å². The molecule has 1 aliphatic carbocycles. The zero-order valence-electron chi connectivity index (χ0n) is 14.3. The van der Waals surface area contributed by atoms with Gasteiger partial charge in [-0.2, -0.15) is 0 Å². The van der Waals surface area contributed by atoms with Gasteiger partial charge in [0.05, 0.1) is 23.7 Å². The van der Waals surface area contributed by atoms with E-state index in [-0.39, 0.29) is 23.3 Å². The first-order valence-corrected chi connectivity index (χ1v) is 8.27. The zero-order valence-corrected chi connectivity index (χ0v) is 14.3. The van der Waals surface area contributed by atoms with Crippen molar-refractivity contribution in [2.75, 3.05) is 0 Å². The van der Waals surface area contributed by atoms with Crippen LogP contribution >= 0.6 is 0 Å². The van der Waals surface area contributed by atoms with Gasteiger partial charge in [-0.25, -0.2) is 18.7 Å². The van der Waals surface area contributed by atoms with Gasteiger partial charge in [0.15, 0.2) is 5.75 Å². The molecule has 3 rings (SSSR count). The van der Waals surface area contributed by atoms with E-state index in [1.54, 1.807) is 12.4 Å². The Kier molecular flexibility index (Phi) is 5.16. The molecule has 7 heteroatoms. The van der Waals surface area contributed by atoms with Crippen LogP contribution in [0.5, 0.6) is 5.75 Å². The number of aromatic nitrogens is 2. The van der Waals surface area contributed by atoms with Crippen LogP contribution in [0.3, 0.4) is 0 Å². The number of benzene rings is 1. The van der Waals surface area contributed by atoms with Gasteiger partial charge in [0.2, 0.25) is 0 Å². The molecule has 0 fully saturated rings. The van der Waals surface area contributed by atoms with Gasteiger partial charge in [-0.3, -0.25) is 0 Å². The molecule has 1 heterocycles. The maximum Gasteiger partial charge on any atom is 0.156 e. The van der Waals surface area contributed by atoms with Gasteiger partial charge >= 0.3 is 0 Å². The summed E-state index contributed by atoms with van der Waals surface area (Å²) in [5.74, 6) is -0.653. The van der Waals surface area contributed by atoms with E-state index >= 15 is 0 Å². The van der Waals surface area contributed by atoms with E-state index in [1.165, 1.54) is 30.6 Å². The highest BCUT2D eigenvalue weighted by Gasteiger charge is 2.27. The van der Waals surface area contributed by atoms with E-state index in [0.29, 0.717) is 29.9 Å². The lowest BCUT2D eigenvalue weighted by molar-refractivity contribution is 0.189. The zero-order chi connectivity index (χ0) is 18.7. The number of nitrogens with zero attached hydrogens (tertiary/aromatic N) is 2. The summed E-state index contributed by atoms with van der Waals surface area (Å²) in [5.41, 5.74) is 13.2. The topological polar surface area (TPSA) is 87.0 Å². The number of allylic oxidation sites excluding steroid dienone is 2. The van der Waals surface area contributed by atoms with Crippen LogP contribution < -0.4 is 16.2 Å². The summed E-state index contributed by atoms with van der Waals surface area (Å²) in [7, 11) is 0. The van der Waals surface area contributed by atoms with Crippen molar-refractivity contribution >= 4 is 5.70 Å². The molecule has 0 radical (unpaired) electrons. The van der Waals surface area contributed by atoms with Crippen LogP contribution in [0.1, 0.15) is 25.3 Å². The van der Waals surface area contributed by atoms with Gasteiger partial charge in [0, 0.05) is 5.70 Å². The summed E-state index contributed by atoms with van der Waals surface area (Å²) in [5, 5.41) is 0. The molecule has 1 aromatic carbocycles. The Bertz CT molecular complexity index is 832. The Balaban J connectivity index is 1.93. The summed E-state index contributed by atoms with van der Waals surface area (Å²) >= 11 is 0. The van der Waals surface area contributed by atoms with Gasteiger partial charge in [-0.1, -0.05) is 13.0 Å². The maximum absolute atomic E-state index is 13.9. The third-order valence-electron chi connectivity index (χ3n) is 4.30. The first kappa shape index (κ1) is 17.8. The first-order chi connectivity index (χ1) is 12.5. The quantitative estimate of drug-likeness (QED) is 0.877. The third-order valence-corrected chi connectivity index (χ3v) is 4.30. The van der Waals surface area contributed by atoms with E-state index in [9.17, 15) is 8.78 Å². The average Bonchev–Trinajstić information content (AvgIpc) is 2.59. The van der Waals surface area contributed by atoms with E-state index in [1.807, 2.05) is 0 Å². The van der Waals surface area contributed by atoms with E-state index in [2.05, 4.69) is 16.9 Å². The van der Waals surface area contributed by atoms with Gasteiger partial charge in [-0.05, 0) is 42.5 Å². The van der Waals surface area contributed by atoms with Gasteiger partial charge in [0.1, 0.15) is 24.1 Å². The van der Waals surface area contributed by atoms with Crippen molar-refractivity contribution in [3.05, 3.63) is 71.5 Å². The molecule has 26 heavy (non-hydrogen) atoms. The number of rotatable bonds is 4. The molecule has 5 nitrogen and oxygen atoms in total. The lowest BCUT2D eigenvalue weighted by Gasteiger charge is -2.29. The number of hydrogen-bond acceptors (Lipinski definition) is 5. The van der Waals surface area contributed by atoms with Crippen LogP contribution in [0.4, 0.5) is 8.78 Å². The standard InChI is InChI=1S/C19H20F2N4O/c1-11-5-12(7-16(22)18-14(20)3-2-4-15(18)21)19(23)17(6-11)26-13-8-24-10-25-9-13/h2-4,7-11,17H,5-6,22-23H2,1H3/b16-7-. The molecule has 1 aromatic heterocycles. The van der Waals surface area contributed by atoms with Crippen molar-refractivity contribution in [3.8, 4) is 5.75 Å². The smallest absolute Gasteiger partial charge is 0.156 e. The Labute approximate surface area is 150 Å². The molecule has 0 amide bonds. The minimum Gasteiger partial charge on any atom is -0.481 e. The molecule has 0 spiro atoms. The minimum atomic E-state index is -0.712. The first-order valence-electron chi connectivity index (χ1n) is 8.27. The summed E-state index contributed by atoms with van der Waals surface area (Å²) in [6, 6.07) is 3.63. The molecular formula is C19H20F2N4O. The van der Waals surface area contributed by atoms with Crippen LogP contribution in [-0.4, -0.2) is 16.1 Å². The largest absolute Gasteiger partial charge is 0.481 e. The average molecular weight is 358 g/mol. The van der Waals surface area contributed by atoms with Gasteiger partial charge in [0.25, 0.3) is 0 Å². The normalized spacial score (nSPS) is 21.0. The second kappa shape index (κ2) is 7.51. The van der Waals surface area contributed by atoms with Crippen LogP contribution in [0, 0.1) is 17.6 Å². The Morgan fingerprint density at radius 1 is 1.23 bits per heavy atom. The molecule has 4 N–H and O–H groups in total. The molecule has 2 atom stereocenters. The highest BCUT2D eigenvalue weighted by molar-refractivity contribution is 5.66. The molecule has 136 valence electrons. The highest BCUT2D eigenvalue weighted by Crippen LogP contribution is 2.32. The second-order valence-electron chi connectivity index (χ2n) is 6.40. The molecule has 2 unspecified atom stereocenters. The minimum absolute atomic E-state index is 0.00514. The second-order valence-corrected chi connectivity index (χ2v) is 6.40. The summed E-state index contributed by atoms with van der Waals surface area (Å²) < 4.78 is 33.8. The molecule has 0 bridgehead atoms. The van der Waals surface area contributed by atoms with Crippen molar-refractivity contribution in [2.24, 2.45) is 17.4 Å². The van der Waals surface area contributed by atoms with Crippen molar-refractivity contribution in [3.63, 3.8) is 0 Å². The van der Waals surface area contributed by atoms with Gasteiger partial charge in [-0.15, -0.1) is 0 Å². The third kappa shape index (κ3) is 3.82. The van der Waals surface area contributed by atoms with Gasteiger partial charge < -0.3 is 16.2 Å². The molecule has 2 aromatic rings. The predicted octanol–water partition coefficient (Wildman–Crippen LogP) is 3.14. The Morgan fingerprint density at radius 3 is 2.54 bits per heavy atom. The van der Waals surface area contributed by atoms with Crippen molar-refractivity contribution in [1.82, 2.24) is 9.97 Å². The molecular weight excluding hydrogens is 338 g/mol. The van der Waals surface area contributed by atoms with Crippen molar-refractivity contribution in [2.45, 2.75) is 25.9 Å². The lowest BCUT2D eigenvalue weighted by Crippen LogP contribution is -2.32. The maximum atomic E-state index is 13.9. The van der Waals surface area contributed by atoms with E-state index in [0.717, 1.165) is 0 Å². The number of halogens is 2. The Morgan fingerprint density at radius 2 is 1.88 bits per heavy atom. The Hall–Kier alpha value is -2.96. The molecule has 0 saturated carbocycles. The molecule has 0 saturated heterocycles. The summed E-state index contributed by atoms with van der Waals surface area (Å²) in [4.78, 5) is 7.82. The monoisotopic (exact) mass is 358 g/mol. The van der Waals surface area contributed by atoms with Crippen molar-refractivity contribution < 1.29 is 13.5 Å². The van der Waals surface area contributed by atoms with E-state index < -0.39 is 11.6 Å².